The molecule has 11 heteroatoms. The minimum atomic E-state index is -3.71. The number of hydrogen-bond donors (Lipinski definition) is 3. The minimum absolute atomic E-state index is 0.0293. The fraction of sp³-hybridized carbons (Fsp3) is 0.0833. The molecule has 0 aliphatic rings. The Morgan fingerprint density at radius 1 is 1.26 bits per heavy atom. The summed E-state index contributed by atoms with van der Waals surface area (Å²) in [6.45, 7) is 0. The van der Waals surface area contributed by atoms with Crippen LogP contribution in [-0.2, 0) is 9.84 Å². The Kier molecular flexibility index (Phi) is 4.66. The lowest BCUT2D eigenvalue weighted by Crippen LogP contribution is -2.10. The first kappa shape index (κ1) is 16.9. The maximum absolute atomic E-state index is 13.4. The Morgan fingerprint density at radius 2 is 1.96 bits per heavy atom. The third kappa shape index (κ3) is 4.50. The number of amides is 1. The number of carboxylic acid groups (broad SMARTS) is 1. The standard InChI is InChI=1S/C12H10ClFN4O4S/c1-23(21,22)11-17-9(13)5-10(18-11)15-8-4-6(14)2-3-7(8)16-12(19)20/h2-5,16H,1H3,(H,19,20)(H,15,17,18). The van der Waals surface area contributed by atoms with Gasteiger partial charge < -0.3 is 10.4 Å². The average molecular weight is 361 g/mol. The zero-order valence-electron chi connectivity index (χ0n) is 11.5. The SMILES string of the molecule is CS(=O)(=O)c1nc(Cl)cc(Nc2cc(F)ccc2NC(=O)O)n1. The van der Waals surface area contributed by atoms with Gasteiger partial charge in [0.25, 0.3) is 0 Å². The van der Waals surface area contributed by atoms with Gasteiger partial charge in [-0.15, -0.1) is 0 Å². The Hall–Kier alpha value is -2.46. The molecule has 0 bridgehead atoms. The number of hydrogen-bond acceptors (Lipinski definition) is 6. The van der Waals surface area contributed by atoms with Gasteiger partial charge in [-0.05, 0) is 18.2 Å². The van der Waals surface area contributed by atoms with E-state index >= 15 is 0 Å². The molecule has 1 heterocycles. The van der Waals surface area contributed by atoms with Crippen molar-refractivity contribution >= 4 is 44.7 Å². The number of nitrogens with one attached hydrogen (secondary N) is 2. The highest BCUT2D eigenvalue weighted by molar-refractivity contribution is 7.90. The van der Waals surface area contributed by atoms with E-state index < -0.39 is 26.9 Å². The number of nitrogens with zero attached hydrogens (tertiary/aromatic N) is 2. The first-order chi connectivity index (χ1) is 10.6. The van der Waals surface area contributed by atoms with Crippen LogP contribution in [0.4, 0.5) is 26.4 Å². The van der Waals surface area contributed by atoms with Crippen molar-refractivity contribution in [3.63, 3.8) is 0 Å². The van der Waals surface area contributed by atoms with Gasteiger partial charge in [-0.1, -0.05) is 11.6 Å². The molecule has 0 radical (unpaired) electrons. The maximum Gasteiger partial charge on any atom is 0.409 e. The number of carbonyl (C=O) groups is 1. The van der Waals surface area contributed by atoms with Gasteiger partial charge in [0.1, 0.15) is 16.8 Å². The monoisotopic (exact) mass is 360 g/mol. The van der Waals surface area contributed by atoms with E-state index in [2.05, 4.69) is 20.6 Å². The number of anilines is 3. The summed E-state index contributed by atoms with van der Waals surface area (Å²) < 4.78 is 36.4. The number of halogens is 2. The van der Waals surface area contributed by atoms with Crippen molar-refractivity contribution in [2.24, 2.45) is 0 Å². The van der Waals surface area contributed by atoms with Crippen molar-refractivity contribution in [1.29, 1.82) is 0 Å². The van der Waals surface area contributed by atoms with Crippen molar-refractivity contribution in [1.82, 2.24) is 9.97 Å². The first-order valence-corrected chi connectivity index (χ1v) is 8.23. The van der Waals surface area contributed by atoms with Gasteiger partial charge in [0.2, 0.25) is 15.0 Å². The van der Waals surface area contributed by atoms with E-state index in [9.17, 15) is 17.6 Å². The summed E-state index contributed by atoms with van der Waals surface area (Å²) in [6.07, 6.45) is -0.445. The second kappa shape index (κ2) is 6.34. The van der Waals surface area contributed by atoms with Gasteiger partial charge in [-0.25, -0.2) is 27.6 Å². The summed E-state index contributed by atoms with van der Waals surface area (Å²) in [6, 6.07) is 4.49. The number of rotatable bonds is 4. The smallest absolute Gasteiger partial charge is 0.409 e. The summed E-state index contributed by atoms with van der Waals surface area (Å²) in [5, 5.41) is 12.8. The molecule has 0 saturated carbocycles. The Bertz CT molecular complexity index is 875. The van der Waals surface area contributed by atoms with Crippen LogP contribution in [0, 0.1) is 5.82 Å². The molecule has 0 atom stereocenters. The molecule has 8 nitrogen and oxygen atoms in total. The molecule has 1 aromatic carbocycles. The number of benzene rings is 1. The molecular weight excluding hydrogens is 351 g/mol. The van der Waals surface area contributed by atoms with Crippen LogP contribution >= 0.6 is 11.6 Å². The molecule has 1 amide bonds. The van der Waals surface area contributed by atoms with Crippen LogP contribution in [0.15, 0.2) is 29.4 Å². The summed E-state index contributed by atoms with van der Waals surface area (Å²) in [5.74, 6) is -0.670. The van der Waals surface area contributed by atoms with Gasteiger partial charge in [0.15, 0.2) is 0 Å². The third-order valence-electron chi connectivity index (χ3n) is 2.49. The molecule has 0 saturated heterocycles. The van der Waals surface area contributed by atoms with Crippen molar-refractivity contribution in [3.05, 3.63) is 35.2 Å². The van der Waals surface area contributed by atoms with Crippen LogP contribution < -0.4 is 10.6 Å². The molecule has 1 aromatic heterocycles. The highest BCUT2D eigenvalue weighted by Crippen LogP contribution is 2.27. The van der Waals surface area contributed by atoms with Crippen LogP contribution in [0.3, 0.4) is 0 Å². The Labute approximate surface area is 135 Å². The van der Waals surface area contributed by atoms with E-state index in [-0.39, 0.29) is 22.3 Å². The molecule has 2 aromatic rings. The second-order valence-electron chi connectivity index (χ2n) is 4.38. The fourth-order valence-corrected chi connectivity index (χ4v) is 2.37. The molecule has 0 aliphatic carbocycles. The molecule has 0 aliphatic heterocycles. The first-order valence-electron chi connectivity index (χ1n) is 5.96. The van der Waals surface area contributed by atoms with E-state index in [1.807, 2.05) is 0 Å². The maximum atomic E-state index is 13.4. The summed E-state index contributed by atoms with van der Waals surface area (Å²) in [4.78, 5) is 18.1. The van der Waals surface area contributed by atoms with Crippen LogP contribution in [0.25, 0.3) is 0 Å². The fourth-order valence-electron chi connectivity index (χ4n) is 1.61. The molecule has 23 heavy (non-hydrogen) atoms. The van der Waals surface area contributed by atoms with E-state index in [0.29, 0.717) is 0 Å². The lowest BCUT2D eigenvalue weighted by atomic mass is 10.2. The quantitative estimate of drug-likeness (QED) is 0.565. The van der Waals surface area contributed by atoms with Crippen LogP contribution in [0.1, 0.15) is 0 Å². The topological polar surface area (TPSA) is 121 Å². The van der Waals surface area contributed by atoms with Crippen LogP contribution in [0.5, 0.6) is 0 Å². The summed E-state index contributed by atoms with van der Waals surface area (Å²) in [5.41, 5.74) is 0.0798. The lowest BCUT2D eigenvalue weighted by Gasteiger charge is -2.12. The predicted molar refractivity (Wildman–Crippen MR) is 81.5 cm³/mol. The lowest BCUT2D eigenvalue weighted by molar-refractivity contribution is 0.210. The van der Waals surface area contributed by atoms with Crippen molar-refractivity contribution in [2.75, 3.05) is 16.9 Å². The zero-order chi connectivity index (χ0) is 17.2. The molecule has 3 N–H and O–H groups in total. The van der Waals surface area contributed by atoms with Gasteiger partial charge in [0.05, 0.1) is 11.4 Å². The molecular formula is C12H10ClFN4O4S. The predicted octanol–water partition coefficient (Wildman–Crippen LogP) is 2.51. The second-order valence-corrected chi connectivity index (χ2v) is 6.67. The zero-order valence-corrected chi connectivity index (χ0v) is 13.1. The van der Waals surface area contributed by atoms with Gasteiger partial charge in [0, 0.05) is 12.3 Å². The Balaban J connectivity index is 2.45. The minimum Gasteiger partial charge on any atom is -0.465 e. The van der Waals surface area contributed by atoms with E-state index in [4.69, 9.17) is 16.7 Å². The van der Waals surface area contributed by atoms with Crippen LogP contribution in [0.2, 0.25) is 5.15 Å². The molecule has 0 fully saturated rings. The van der Waals surface area contributed by atoms with Crippen LogP contribution in [-0.4, -0.2) is 35.8 Å². The van der Waals surface area contributed by atoms with Gasteiger partial charge in [-0.3, -0.25) is 5.32 Å². The van der Waals surface area contributed by atoms with Crippen molar-refractivity contribution in [2.45, 2.75) is 5.16 Å². The van der Waals surface area contributed by atoms with E-state index in [0.717, 1.165) is 18.4 Å². The summed E-state index contributed by atoms with van der Waals surface area (Å²) >= 11 is 5.74. The molecule has 0 unspecified atom stereocenters. The third-order valence-corrected chi connectivity index (χ3v) is 3.53. The average Bonchev–Trinajstić information content (AvgIpc) is 2.40. The molecule has 2 rings (SSSR count). The van der Waals surface area contributed by atoms with E-state index in [1.54, 1.807) is 0 Å². The normalized spacial score (nSPS) is 11.1. The highest BCUT2D eigenvalue weighted by atomic mass is 35.5. The Morgan fingerprint density at radius 3 is 2.57 bits per heavy atom. The number of sulfone groups is 1. The molecule has 122 valence electrons. The molecule has 0 spiro atoms. The summed E-state index contributed by atoms with van der Waals surface area (Å²) in [7, 11) is -3.71. The van der Waals surface area contributed by atoms with Gasteiger partial charge >= 0.3 is 6.09 Å². The van der Waals surface area contributed by atoms with Gasteiger partial charge in [-0.2, -0.15) is 0 Å². The largest absolute Gasteiger partial charge is 0.465 e. The van der Waals surface area contributed by atoms with Crippen molar-refractivity contribution < 1.29 is 22.7 Å². The highest BCUT2D eigenvalue weighted by Gasteiger charge is 2.15. The van der Waals surface area contributed by atoms with Crippen molar-refractivity contribution in [3.8, 4) is 0 Å². The number of aromatic nitrogens is 2. The van der Waals surface area contributed by atoms with E-state index in [1.165, 1.54) is 12.1 Å².